The standard InChI is InChI=1S/C18H23N5O/c1-19-18(24)15-5-3-4-14(10-15)17-13-23(9-8-22(17)2)12-16-11-20-6-7-21-16/h3-7,10-11,17H,8-9,12-13H2,1-2H3,(H,19,24)/t17-/m1/s1. The average Bonchev–Trinajstić information content (AvgIpc) is 2.63. The third kappa shape index (κ3) is 3.77. The summed E-state index contributed by atoms with van der Waals surface area (Å²) in [4.78, 5) is 25.1. The van der Waals surface area contributed by atoms with E-state index in [9.17, 15) is 4.79 Å². The smallest absolute Gasteiger partial charge is 0.251 e. The van der Waals surface area contributed by atoms with Gasteiger partial charge in [-0.05, 0) is 24.7 Å². The second kappa shape index (κ2) is 7.51. The molecule has 2 heterocycles. The lowest BCUT2D eigenvalue weighted by Crippen LogP contribution is -2.46. The quantitative estimate of drug-likeness (QED) is 0.919. The minimum absolute atomic E-state index is 0.0493. The van der Waals surface area contributed by atoms with E-state index in [1.807, 2.05) is 24.4 Å². The number of amides is 1. The van der Waals surface area contributed by atoms with Gasteiger partial charge in [-0.15, -0.1) is 0 Å². The molecule has 1 aliphatic rings. The number of likely N-dealkylation sites (N-methyl/N-ethyl adjacent to an activating group) is 1. The van der Waals surface area contributed by atoms with Gasteiger partial charge in [-0.3, -0.25) is 24.6 Å². The van der Waals surface area contributed by atoms with E-state index in [1.54, 1.807) is 19.4 Å². The average molecular weight is 325 g/mol. The molecule has 3 rings (SSSR count). The summed E-state index contributed by atoms with van der Waals surface area (Å²) in [5.74, 6) is -0.0493. The number of rotatable bonds is 4. The molecule has 1 amide bonds. The van der Waals surface area contributed by atoms with Gasteiger partial charge in [-0.25, -0.2) is 0 Å². The number of piperazine rings is 1. The number of nitrogens with zero attached hydrogens (tertiary/aromatic N) is 4. The molecule has 6 heteroatoms. The van der Waals surface area contributed by atoms with Gasteiger partial charge in [0.05, 0.1) is 5.69 Å². The molecule has 2 aromatic rings. The Hall–Kier alpha value is -2.31. The fourth-order valence-corrected chi connectivity index (χ4v) is 3.11. The molecule has 1 aromatic heterocycles. The van der Waals surface area contributed by atoms with E-state index < -0.39 is 0 Å². The highest BCUT2D eigenvalue weighted by Gasteiger charge is 2.26. The van der Waals surface area contributed by atoms with Crippen LogP contribution in [0.3, 0.4) is 0 Å². The summed E-state index contributed by atoms with van der Waals surface area (Å²) in [7, 11) is 3.79. The highest BCUT2D eigenvalue weighted by Crippen LogP contribution is 2.25. The summed E-state index contributed by atoms with van der Waals surface area (Å²) in [6, 6.07) is 8.16. The topological polar surface area (TPSA) is 61.4 Å². The van der Waals surface area contributed by atoms with Crippen molar-refractivity contribution in [1.82, 2.24) is 25.1 Å². The molecule has 1 atom stereocenters. The largest absolute Gasteiger partial charge is 0.355 e. The van der Waals surface area contributed by atoms with Crippen LogP contribution < -0.4 is 5.32 Å². The maximum Gasteiger partial charge on any atom is 0.251 e. The van der Waals surface area contributed by atoms with Crippen LogP contribution in [0.5, 0.6) is 0 Å². The Labute approximate surface area is 142 Å². The molecule has 0 bridgehead atoms. The van der Waals surface area contributed by atoms with Gasteiger partial charge in [0.25, 0.3) is 5.91 Å². The van der Waals surface area contributed by atoms with Gasteiger partial charge in [-0.1, -0.05) is 12.1 Å². The summed E-state index contributed by atoms with van der Waals surface area (Å²) in [6.07, 6.45) is 5.25. The molecule has 1 aliphatic heterocycles. The van der Waals surface area contributed by atoms with Gasteiger partial charge >= 0.3 is 0 Å². The predicted octanol–water partition coefficient (Wildman–Crippen LogP) is 1.32. The first-order valence-electron chi connectivity index (χ1n) is 8.17. The van der Waals surface area contributed by atoms with Crippen LogP contribution in [0, 0.1) is 0 Å². The molecular weight excluding hydrogens is 302 g/mol. The zero-order valence-electron chi connectivity index (χ0n) is 14.1. The van der Waals surface area contributed by atoms with E-state index in [0.29, 0.717) is 5.56 Å². The van der Waals surface area contributed by atoms with E-state index in [2.05, 4.69) is 38.2 Å². The van der Waals surface area contributed by atoms with E-state index in [-0.39, 0.29) is 11.9 Å². The molecule has 0 radical (unpaired) electrons. The van der Waals surface area contributed by atoms with Crippen LogP contribution in [0.2, 0.25) is 0 Å². The first kappa shape index (κ1) is 16.5. The lowest BCUT2D eigenvalue weighted by Gasteiger charge is -2.39. The van der Waals surface area contributed by atoms with Gasteiger partial charge in [0.2, 0.25) is 0 Å². The summed E-state index contributed by atoms with van der Waals surface area (Å²) < 4.78 is 0. The van der Waals surface area contributed by atoms with Gasteiger partial charge in [0, 0.05) is 63.4 Å². The van der Waals surface area contributed by atoms with Crippen molar-refractivity contribution in [2.75, 3.05) is 33.7 Å². The van der Waals surface area contributed by atoms with Gasteiger partial charge in [0.1, 0.15) is 0 Å². The number of nitrogens with one attached hydrogen (secondary N) is 1. The Morgan fingerprint density at radius 1 is 1.33 bits per heavy atom. The lowest BCUT2D eigenvalue weighted by atomic mass is 10.00. The van der Waals surface area contributed by atoms with Crippen molar-refractivity contribution in [3.8, 4) is 0 Å². The van der Waals surface area contributed by atoms with Crippen LogP contribution in [-0.2, 0) is 6.54 Å². The van der Waals surface area contributed by atoms with Gasteiger partial charge in [-0.2, -0.15) is 0 Å². The molecule has 24 heavy (non-hydrogen) atoms. The third-order valence-electron chi connectivity index (χ3n) is 4.50. The second-order valence-electron chi connectivity index (χ2n) is 6.13. The SMILES string of the molecule is CNC(=O)c1cccc([C@H]2CN(Cc3cnccn3)CCN2C)c1. The highest BCUT2D eigenvalue weighted by atomic mass is 16.1. The number of aromatic nitrogens is 2. The van der Waals surface area contributed by atoms with E-state index >= 15 is 0 Å². The fourth-order valence-electron chi connectivity index (χ4n) is 3.11. The van der Waals surface area contributed by atoms with Crippen LogP contribution >= 0.6 is 0 Å². The Kier molecular flexibility index (Phi) is 5.17. The maximum absolute atomic E-state index is 11.9. The molecule has 1 fully saturated rings. The second-order valence-corrected chi connectivity index (χ2v) is 6.13. The highest BCUT2D eigenvalue weighted by molar-refractivity contribution is 5.94. The Balaban J connectivity index is 1.75. The monoisotopic (exact) mass is 325 g/mol. The van der Waals surface area contributed by atoms with Crippen LogP contribution in [-0.4, -0.2) is 59.4 Å². The Bertz CT molecular complexity index is 691. The van der Waals surface area contributed by atoms with Gasteiger partial charge < -0.3 is 5.32 Å². The minimum Gasteiger partial charge on any atom is -0.355 e. The number of hydrogen-bond acceptors (Lipinski definition) is 5. The molecule has 1 saturated heterocycles. The normalized spacial score (nSPS) is 19.2. The first-order chi connectivity index (χ1) is 11.7. The van der Waals surface area contributed by atoms with Gasteiger partial charge in [0.15, 0.2) is 0 Å². The number of carbonyl (C=O) groups is 1. The summed E-state index contributed by atoms with van der Waals surface area (Å²) >= 11 is 0. The van der Waals surface area contributed by atoms with Crippen molar-refractivity contribution in [1.29, 1.82) is 0 Å². The van der Waals surface area contributed by atoms with Crippen LogP contribution in [0.15, 0.2) is 42.9 Å². The molecule has 1 aromatic carbocycles. The van der Waals surface area contributed by atoms with E-state index in [0.717, 1.165) is 31.9 Å². The third-order valence-corrected chi connectivity index (χ3v) is 4.50. The number of hydrogen-bond donors (Lipinski definition) is 1. The van der Waals surface area contributed by atoms with Crippen molar-refractivity contribution in [3.63, 3.8) is 0 Å². The predicted molar refractivity (Wildman–Crippen MR) is 92.5 cm³/mol. The van der Waals surface area contributed by atoms with E-state index in [4.69, 9.17) is 0 Å². The van der Waals surface area contributed by atoms with Crippen LogP contribution in [0.25, 0.3) is 0 Å². The number of benzene rings is 1. The molecule has 0 unspecified atom stereocenters. The van der Waals surface area contributed by atoms with Crippen molar-refractivity contribution in [2.24, 2.45) is 0 Å². The molecule has 6 nitrogen and oxygen atoms in total. The Morgan fingerprint density at radius 2 is 2.21 bits per heavy atom. The molecular formula is C18H23N5O. The van der Waals surface area contributed by atoms with Crippen LogP contribution in [0.1, 0.15) is 27.7 Å². The molecule has 0 spiro atoms. The summed E-state index contributed by atoms with van der Waals surface area (Å²) in [5, 5.41) is 2.69. The Morgan fingerprint density at radius 3 is 2.96 bits per heavy atom. The minimum atomic E-state index is -0.0493. The summed E-state index contributed by atoms with van der Waals surface area (Å²) in [6.45, 7) is 3.69. The molecule has 1 N–H and O–H groups in total. The zero-order chi connectivity index (χ0) is 16.9. The summed E-state index contributed by atoms with van der Waals surface area (Å²) in [5.41, 5.74) is 2.86. The molecule has 126 valence electrons. The van der Waals surface area contributed by atoms with Crippen molar-refractivity contribution >= 4 is 5.91 Å². The number of carbonyl (C=O) groups excluding carboxylic acids is 1. The van der Waals surface area contributed by atoms with E-state index in [1.165, 1.54) is 5.56 Å². The maximum atomic E-state index is 11.9. The van der Waals surface area contributed by atoms with Crippen molar-refractivity contribution in [2.45, 2.75) is 12.6 Å². The first-order valence-corrected chi connectivity index (χ1v) is 8.17. The molecule has 0 saturated carbocycles. The molecule has 0 aliphatic carbocycles. The van der Waals surface area contributed by atoms with Crippen molar-refractivity contribution < 1.29 is 4.79 Å². The zero-order valence-corrected chi connectivity index (χ0v) is 14.1. The van der Waals surface area contributed by atoms with Crippen LogP contribution in [0.4, 0.5) is 0 Å². The lowest BCUT2D eigenvalue weighted by molar-refractivity contribution is 0.0892. The fraction of sp³-hybridized carbons (Fsp3) is 0.389. The van der Waals surface area contributed by atoms with Crippen molar-refractivity contribution in [3.05, 3.63) is 59.7 Å².